The van der Waals surface area contributed by atoms with Crippen LogP contribution in [-0.4, -0.2) is 51.9 Å². The summed E-state index contributed by atoms with van der Waals surface area (Å²) < 4.78 is 11.6. The number of halogens is 1. The number of ether oxygens (including phenoxy) is 2. The first-order chi connectivity index (χ1) is 16.3. The maximum atomic E-state index is 12.6. The van der Waals surface area contributed by atoms with E-state index >= 15 is 0 Å². The molecule has 0 spiro atoms. The third kappa shape index (κ3) is 6.96. The summed E-state index contributed by atoms with van der Waals surface area (Å²) in [7, 11) is 0. The lowest BCUT2D eigenvalue weighted by molar-refractivity contribution is -0.137. The zero-order valence-electron chi connectivity index (χ0n) is 18.1. The molecule has 34 heavy (non-hydrogen) atoms. The molecule has 2 aromatic carbocycles. The van der Waals surface area contributed by atoms with Gasteiger partial charge in [0.25, 0.3) is 11.8 Å². The number of thioether (sulfide) groups is 1. The molecule has 1 aliphatic rings. The van der Waals surface area contributed by atoms with Gasteiger partial charge in [0.05, 0.1) is 17.9 Å². The highest BCUT2D eigenvalue weighted by Crippen LogP contribution is 2.35. The predicted molar refractivity (Wildman–Crippen MR) is 135 cm³/mol. The molecule has 11 heteroatoms. The first-order valence-corrected chi connectivity index (χ1v) is 11.8. The highest BCUT2D eigenvalue weighted by atomic mass is 35.5. The predicted octanol–water partition coefficient (Wildman–Crippen LogP) is 4.43. The van der Waals surface area contributed by atoms with Crippen LogP contribution in [0.15, 0.2) is 47.4 Å². The van der Waals surface area contributed by atoms with E-state index in [2.05, 4.69) is 5.32 Å². The molecule has 1 fully saturated rings. The first kappa shape index (κ1) is 25.5. The van der Waals surface area contributed by atoms with Crippen LogP contribution in [0, 0.1) is 0 Å². The molecule has 1 aliphatic heterocycles. The summed E-state index contributed by atoms with van der Waals surface area (Å²) in [5.74, 6) is -0.926. The standard InChI is InChI=1S/C23H21ClN2O6S2/c1-2-31-18-10-14(11-19-22(30)26(23(33)34-19)9-8-21(28)29)6-7-17(18)32-13-20(27)25-16-5-3-4-15(24)12-16/h3-7,10-12H,2,8-9,13H2,1H3,(H,25,27)(H,28,29)/b19-11-. The van der Waals surface area contributed by atoms with Crippen LogP contribution in [0.3, 0.4) is 0 Å². The fourth-order valence-corrected chi connectivity index (χ4v) is 4.46. The Morgan fingerprint density at radius 3 is 2.71 bits per heavy atom. The molecular weight excluding hydrogens is 500 g/mol. The molecule has 2 aromatic rings. The van der Waals surface area contributed by atoms with Crippen molar-refractivity contribution in [2.45, 2.75) is 13.3 Å². The number of carbonyl (C=O) groups is 3. The van der Waals surface area contributed by atoms with Gasteiger partial charge >= 0.3 is 5.97 Å². The van der Waals surface area contributed by atoms with Crippen molar-refractivity contribution in [2.24, 2.45) is 0 Å². The van der Waals surface area contributed by atoms with E-state index in [1.807, 2.05) is 6.92 Å². The molecule has 0 aromatic heterocycles. The van der Waals surface area contributed by atoms with Crippen LogP contribution in [0.2, 0.25) is 5.02 Å². The number of carboxylic acid groups (broad SMARTS) is 1. The van der Waals surface area contributed by atoms with Crippen LogP contribution in [0.1, 0.15) is 18.9 Å². The van der Waals surface area contributed by atoms with Crippen LogP contribution in [0.25, 0.3) is 6.08 Å². The number of amides is 2. The number of thiocarbonyl (C=S) groups is 1. The molecule has 0 unspecified atom stereocenters. The minimum Gasteiger partial charge on any atom is -0.490 e. The molecule has 2 amide bonds. The van der Waals surface area contributed by atoms with Crippen molar-refractivity contribution in [3.8, 4) is 11.5 Å². The van der Waals surface area contributed by atoms with Gasteiger partial charge in [0.15, 0.2) is 18.1 Å². The molecule has 1 saturated heterocycles. The third-order valence-electron chi connectivity index (χ3n) is 4.46. The minimum atomic E-state index is -1.00. The van der Waals surface area contributed by atoms with Gasteiger partial charge in [0.2, 0.25) is 0 Å². The van der Waals surface area contributed by atoms with E-state index < -0.39 is 5.97 Å². The lowest BCUT2D eigenvalue weighted by Gasteiger charge is -2.13. The summed E-state index contributed by atoms with van der Waals surface area (Å²) in [5.41, 5.74) is 1.22. The monoisotopic (exact) mass is 520 g/mol. The Hall–Kier alpha value is -3.08. The van der Waals surface area contributed by atoms with Crippen molar-refractivity contribution in [1.29, 1.82) is 0 Å². The third-order valence-corrected chi connectivity index (χ3v) is 6.07. The van der Waals surface area contributed by atoms with Crippen LogP contribution in [0.4, 0.5) is 5.69 Å². The Bertz CT molecular complexity index is 1150. The highest BCUT2D eigenvalue weighted by Gasteiger charge is 2.32. The van der Waals surface area contributed by atoms with Crippen molar-refractivity contribution < 1.29 is 29.0 Å². The van der Waals surface area contributed by atoms with Crippen LogP contribution in [0.5, 0.6) is 11.5 Å². The number of aliphatic carboxylic acids is 1. The largest absolute Gasteiger partial charge is 0.490 e. The van der Waals surface area contributed by atoms with Gasteiger partial charge in [-0.1, -0.05) is 47.7 Å². The summed E-state index contributed by atoms with van der Waals surface area (Å²) >= 11 is 12.2. The van der Waals surface area contributed by atoms with Gasteiger partial charge in [-0.25, -0.2) is 0 Å². The fraction of sp³-hybridized carbons (Fsp3) is 0.217. The number of hydrogen-bond acceptors (Lipinski definition) is 7. The number of hydrogen-bond donors (Lipinski definition) is 2. The average Bonchev–Trinajstić information content (AvgIpc) is 3.04. The smallest absolute Gasteiger partial charge is 0.305 e. The van der Waals surface area contributed by atoms with Gasteiger partial charge in [0, 0.05) is 17.3 Å². The maximum Gasteiger partial charge on any atom is 0.305 e. The van der Waals surface area contributed by atoms with Crippen molar-refractivity contribution in [1.82, 2.24) is 4.90 Å². The van der Waals surface area contributed by atoms with Gasteiger partial charge in [-0.2, -0.15) is 0 Å². The zero-order chi connectivity index (χ0) is 24.7. The van der Waals surface area contributed by atoms with E-state index in [-0.39, 0.29) is 31.4 Å². The van der Waals surface area contributed by atoms with Gasteiger partial charge in [-0.05, 0) is 48.9 Å². The van der Waals surface area contributed by atoms with E-state index in [9.17, 15) is 14.4 Å². The zero-order valence-corrected chi connectivity index (χ0v) is 20.5. The summed E-state index contributed by atoms with van der Waals surface area (Å²) in [4.78, 5) is 37.3. The molecule has 3 rings (SSSR count). The summed E-state index contributed by atoms with van der Waals surface area (Å²) in [6.07, 6.45) is 1.46. The van der Waals surface area contributed by atoms with Crippen LogP contribution < -0.4 is 14.8 Å². The average molecular weight is 521 g/mol. The van der Waals surface area contributed by atoms with Crippen molar-refractivity contribution in [2.75, 3.05) is 25.1 Å². The van der Waals surface area contributed by atoms with Crippen LogP contribution in [-0.2, 0) is 14.4 Å². The van der Waals surface area contributed by atoms with Crippen molar-refractivity contribution in [3.63, 3.8) is 0 Å². The molecule has 2 N–H and O–H groups in total. The summed E-state index contributed by atoms with van der Waals surface area (Å²) in [6.45, 7) is 1.96. The number of rotatable bonds is 10. The van der Waals surface area contributed by atoms with E-state index in [1.54, 1.807) is 48.5 Å². The molecule has 0 saturated carbocycles. The number of nitrogens with zero attached hydrogens (tertiary/aromatic N) is 1. The number of anilines is 1. The van der Waals surface area contributed by atoms with Crippen molar-refractivity contribution >= 4 is 69.4 Å². The second kappa shape index (κ2) is 11.9. The van der Waals surface area contributed by atoms with E-state index in [0.29, 0.717) is 43.6 Å². The maximum absolute atomic E-state index is 12.6. The van der Waals surface area contributed by atoms with Gasteiger partial charge in [-0.3, -0.25) is 19.3 Å². The molecule has 0 bridgehead atoms. The Labute approximate surface area is 210 Å². The van der Waals surface area contributed by atoms with Crippen molar-refractivity contribution in [3.05, 3.63) is 58.0 Å². The summed E-state index contributed by atoms with van der Waals surface area (Å²) in [5, 5.41) is 12.1. The Balaban J connectivity index is 1.69. The van der Waals surface area contributed by atoms with E-state index in [4.69, 9.17) is 38.4 Å². The van der Waals surface area contributed by atoms with Gasteiger partial charge in [0.1, 0.15) is 4.32 Å². The number of carbonyl (C=O) groups excluding carboxylic acids is 2. The Kier molecular flexibility index (Phi) is 8.91. The topological polar surface area (TPSA) is 105 Å². The lowest BCUT2D eigenvalue weighted by atomic mass is 10.2. The number of benzene rings is 2. The van der Waals surface area contributed by atoms with Gasteiger partial charge in [-0.15, -0.1) is 0 Å². The summed E-state index contributed by atoms with van der Waals surface area (Å²) in [6, 6.07) is 11.8. The van der Waals surface area contributed by atoms with E-state index in [1.165, 1.54) is 4.90 Å². The molecule has 8 nitrogen and oxygen atoms in total. The lowest BCUT2D eigenvalue weighted by Crippen LogP contribution is -2.30. The first-order valence-electron chi connectivity index (χ1n) is 10.2. The normalized spacial score (nSPS) is 14.4. The number of carboxylic acids is 1. The molecule has 178 valence electrons. The minimum absolute atomic E-state index is 0.0194. The second-order valence-corrected chi connectivity index (χ2v) is 9.08. The second-order valence-electron chi connectivity index (χ2n) is 6.96. The van der Waals surface area contributed by atoms with E-state index in [0.717, 1.165) is 11.8 Å². The molecule has 0 aliphatic carbocycles. The molecule has 0 radical (unpaired) electrons. The Morgan fingerprint density at radius 2 is 2.00 bits per heavy atom. The highest BCUT2D eigenvalue weighted by molar-refractivity contribution is 8.26. The number of nitrogens with one attached hydrogen (secondary N) is 1. The molecule has 1 heterocycles. The fourth-order valence-electron chi connectivity index (χ4n) is 2.96. The SMILES string of the molecule is CCOc1cc(/C=C2\SC(=S)N(CCC(=O)O)C2=O)ccc1OCC(=O)Nc1cccc(Cl)c1. The molecular formula is C23H21ClN2O6S2. The molecule has 0 atom stereocenters. The quantitative estimate of drug-likeness (QED) is 0.350. The van der Waals surface area contributed by atoms with Crippen LogP contribution >= 0.6 is 35.6 Å². The van der Waals surface area contributed by atoms with Gasteiger partial charge < -0.3 is 19.9 Å². The Morgan fingerprint density at radius 1 is 1.21 bits per heavy atom.